The van der Waals surface area contributed by atoms with Gasteiger partial charge in [0.25, 0.3) is 0 Å². The Hall–Kier alpha value is -2.09. The van der Waals surface area contributed by atoms with Crippen LogP contribution in [0, 0.1) is 12.3 Å². The van der Waals surface area contributed by atoms with E-state index in [4.69, 9.17) is 11.5 Å². The molecular weight excluding hydrogens is 182 g/mol. The highest BCUT2D eigenvalue weighted by molar-refractivity contribution is 5.84. The molecule has 5 heteroatoms. The van der Waals surface area contributed by atoms with Gasteiger partial charge in [0.15, 0.2) is 5.69 Å². The number of aromatic carboxylic acids is 1. The topological polar surface area (TPSA) is 66.3 Å². The zero-order valence-corrected chi connectivity index (χ0v) is 7.64. The summed E-state index contributed by atoms with van der Waals surface area (Å²) in [6, 6.07) is 0. The first kappa shape index (κ1) is 9.99. The van der Waals surface area contributed by atoms with E-state index in [1.54, 1.807) is 11.9 Å². The molecule has 1 N–H and O–H groups in total. The number of hydrogen-bond donors (Lipinski definition) is 1. The van der Waals surface area contributed by atoms with Crippen molar-refractivity contribution in [1.29, 1.82) is 0 Å². The first-order chi connectivity index (χ1) is 6.65. The zero-order valence-electron chi connectivity index (χ0n) is 7.64. The predicted octanol–water partition coefficient (Wildman–Crippen LogP) is 0.244. The highest BCUT2D eigenvalue weighted by Gasteiger charge is 2.06. The van der Waals surface area contributed by atoms with E-state index in [9.17, 15) is 4.79 Å². The van der Waals surface area contributed by atoms with Crippen molar-refractivity contribution in [3.8, 4) is 12.3 Å². The van der Waals surface area contributed by atoms with E-state index in [1.165, 1.54) is 12.4 Å². The van der Waals surface area contributed by atoms with Gasteiger partial charge in [-0.25, -0.2) is 14.8 Å². The number of carboxylic acids is 1. The molecule has 0 amide bonds. The monoisotopic (exact) mass is 191 g/mol. The lowest BCUT2D eigenvalue weighted by Gasteiger charge is -2.13. The average molecular weight is 191 g/mol. The highest BCUT2D eigenvalue weighted by Crippen LogP contribution is 2.05. The number of carbonyl (C=O) groups is 1. The fourth-order valence-corrected chi connectivity index (χ4v) is 0.847. The molecule has 0 aliphatic carbocycles. The van der Waals surface area contributed by atoms with E-state index in [0.717, 1.165) is 0 Å². The lowest BCUT2D eigenvalue weighted by Crippen LogP contribution is -2.19. The minimum atomic E-state index is -1.09. The standard InChI is InChI=1S/C9H9N3O2/c1-3-4-12(2)8-6-10-7(5-11-8)9(13)14/h1,5-6H,4H2,2H3,(H,13,14). The van der Waals surface area contributed by atoms with E-state index in [2.05, 4.69) is 15.9 Å². The van der Waals surface area contributed by atoms with Gasteiger partial charge in [0.05, 0.1) is 18.9 Å². The Morgan fingerprint density at radius 3 is 2.79 bits per heavy atom. The molecule has 0 aliphatic rings. The summed E-state index contributed by atoms with van der Waals surface area (Å²) >= 11 is 0. The molecule has 0 saturated carbocycles. The van der Waals surface area contributed by atoms with Crippen LogP contribution in [0.25, 0.3) is 0 Å². The molecule has 0 saturated heterocycles. The molecular formula is C9H9N3O2. The summed E-state index contributed by atoms with van der Waals surface area (Å²) in [4.78, 5) is 19.8. The van der Waals surface area contributed by atoms with Crippen LogP contribution in [0.2, 0.25) is 0 Å². The molecule has 0 atom stereocenters. The van der Waals surface area contributed by atoms with Gasteiger partial charge in [-0.2, -0.15) is 0 Å². The van der Waals surface area contributed by atoms with Gasteiger partial charge in [-0.15, -0.1) is 6.42 Å². The molecule has 1 heterocycles. The fourth-order valence-electron chi connectivity index (χ4n) is 0.847. The van der Waals surface area contributed by atoms with Gasteiger partial charge in [-0.05, 0) is 0 Å². The van der Waals surface area contributed by atoms with E-state index in [1.807, 2.05) is 0 Å². The molecule has 0 aliphatic heterocycles. The molecule has 1 aromatic heterocycles. The van der Waals surface area contributed by atoms with Crippen LogP contribution in [0.5, 0.6) is 0 Å². The molecule has 14 heavy (non-hydrogen) atoms. The maximum atomic E-state index is 10.5. The van der Waals surface area contributed by atoms with Crippen molar-refractivity contribution in [2.75, 3.05) is 18.5 Å². The zero-order chi connectivity index (χ0) is 10.6. The average Bonchev–Trinajstić information content (AvgIpc) is 2.18. The van der Waals surface area contributed by atoms with E-state index in [0.29, 0.717) is 12.4 Å². The molecule has 72 valence electrons. The minimum absolute atomic E-state index is 0.0807. The maximum Gasteiger partial charge on any atom is 0.356 e. The molecule has 0 unspecified atom stereocenters. The Balaban J connectivity index is 2.84. The Morgan fingerprint density at radius 2 is 2.36 bits per heavy atom. The van der Waals surface area contributed by atoms with Gasteiger partial charge in [0, 0.05) is 7.05 Å². The number of terminal acetylenes is 1. The molecule has 1 rings (SSSR count). The quantitative estimate of drug-likeness (QED) is 0.693. The van der Waals surface area contributed by atoms with Crippen molar-refractivity contribution in [1.82, 2.24) is 9.97 Å². The summed E-state index contributed by atoms with van der Waals surface area (Å²) in [7, 11) is 1.75. The van der Waals surface area contributed by atoms with Crippen LogP contribution >= 0.6 is 0 Å². The predicted molar refractivity (Wildman–Crippen MR) is 51.1 cm³/mol. The summed E-state index contributed by atoms with van der Waals surface area (Å²) in [5, 5.41) is 8.57. The number of nitrogens with zero attached hydrogens (tertiary/aromatic N) is 3. The number of carboxylic acid groups (broad SMARTS) is 1. The van der Waals surface area contributed by atoms with Crippen LogP contribution in [0.4, 0.5) is 5.82 Å². The Kier molecular flexibility index (Phi) is 3.02. The third-order valence-corrected chi connectivity index (χ3v) is 1.58. The van der Waals surface area contributed by atoms with Crippen molar-refractivity contribution < 1.29 is 9.90 Å². The second kappa shape index (κ2) is 4.23. The normalized spacial score (nSPS) is 9.14. The van der Waals surface area contributed by atoms with Gasteiger partial charge in [-0.3, -0.25) is 0 Å². The van der Waals surface area contributed by atoms with Crippen LogP contribution in [0.15, 0.2) is 12.4 Å². The molecule has 0 spiro atoms. The molecule has 0 fully saturated rings. The third-order valence-electron chi connectivity index (χ3n) is 1.58. The molecule has 0 bridgehead atoms. The number of anilines is 1. The summed E-state index contributed by atoms with van der Waals surface area (Å²) in [6.45, 7) is 0.404. The van der Waals surface area contributed by atoms with Crippen LogP contribution in [-0.4, -0.2) is 34.6 Å². The van der Waals surface area contributed by atoms with Crippen LogP contribution < -0.4 is 4.90 Å². The van der Waals surface area contributed by atoms with Gasteiger partial charge in [-0.1, -0.05) is 5.92 Å². The van der Waals surface area contributed by atoms with Gasteiger partial charge in [0.2, 0.25) is 0 Å². The molecule has 0 aromatic carbocycles. The van der Waals surface area contributed by atoms with Crippen molar-refractivity contribution in [3.05, 3.63) is 18.1 Å². The highest BCUT2D eigenvalue weighted by atomic mass is 16.4. The number of hydrogen-bond acceptors (Lipinski definition) is 4. The molecule has 0 radical (unpaired) electrons. The van der Waals surface area contributed by atoms with E-state index >= 15 is 0 Å². The second-order valence-electron chi connectivity index (χ2n) is 2.63. The largest absolute Gasteiger partial charge is 0.476 e. The van der Waals surface area contributed by atoms with Crippen LogP contribution in [0.1, 0.15) is 10.5 Å². The van der Waals surface area contributed by atoms with Crippen molar-refractivity contribution in [3.63, 3.8) is 0 Å². The number of aromatic nitrogens is 2. The smallest absolute Gasteiger partial charge is 0.356 e. The summed E-state index contributed by atoms with van der Waals surface area (Å²) in [6.07, 6.45) is 7.69. The van der Waals surface area contributed by atoms with Crippen molar-refractivity contribution in [2.45, 2.75) is 0 Å². The van der Waals surface area contributed by atoms with Gasteiger partial charge in [0.1, 0.15) is 5.82 Å². The van der Waals surface area contributed by atoms with E-state index < -0.39 is 5.97 Å². The Bertz CT molecular complexity index is 367. The number of rotatable bonds is 3. The summed E-state index contributed by atoms with van der Waals surface area (Å²) in [5.41, 5.74) is -0.0807. The van der Waals surface area contributed by atoms with Crippen LogP contribution in [-0.2, 0) is 0 Å². The van der Waals surface area contributed by atoms with Crippen LogP contribution in [0.3, 0.4) is 0 Å². The summed E-state index contributed by atoms with van der Waals surface area (Å²) < 4.78 is 0. The van der Waals surface area contributed by atoms with Crippen molar-refractivity contribution in [2.24, 2.45) is 0 Å². The van der Waals surface area contributed by atoms with E-state index in [-0.39, 0.29) is 5.69 Å². The molecule has 1 aromatic rings. The van der Waals surface area contributed by atoms with Gasteiger partial charge >= 0.3 is 5.97 Å². The third kappa shape index (κ3) is 2.20. The molecule has 5 nitrogen and oxygen atoms in total. The summed E-state index contributed by atoms with van der Waals surface area (Å²) in [5.74, 6) is 1.90. The Morgan fingerprint density at radius 1 is 1.64 bits per heavy atom. The fraction of sp³-hybridized carbons (Fsp3) is 0.222. The van der Waals surface area contributed by atoms with Gasteiger partial charge < -0.3 is 10.0 Å². The lowest BCUT2D eigenvalue weighted by molar-refractivity contribution is 0.0690. The maximum absolute atomic E-state index is 10.5. The lowest BCUT2D eigenvalue weighted by atomic mass is 10.4. The minimum Gasteiger partial charge on any atom is -0.476 e. The second-order valence-corrected chi connectivity index (χ2v) is 2.63. The van der Waals surface area contributed by atoms with Crippen molar-refractivity contribution >= 4 is 11.8 Å². The first-order valence-electron chi connectivity index (χ1n) is 3.85. The first-order valence-corrected chi connectivity index (χ1v) is 3.85. The Labute approximate surface area is 81.4 Å². The SMILES string of the molecule is C#CCN(C)c1cnc(C(=O)O)cn1.